The number of imidazole rings is 1. The highest BCUT2D eigenvalue weighted by Crippen LogP contribution is 2.57. The zero-order valence-corrected chi connectivity index (χ0v) is 20.6. The number of phosphoric ester groups is 1. The topological polar surface area (TPSA) is 351 Å². The molecule has 1 aliphatic rings. The van der Waals surface area contributed by atoms with Crippen molar-refractivity contribution in [3.63, 3.8) is 0 Å². The van der Waals surface area contributed by atoms with Crippen molar-refractivity contribution in [2.75, 3.05) is 18.9 Å². The van der Waals surface area contributed by atoms with E-state index in [0.29, 0.717) is 0 Å². The van der Waals surface area contributed by atoms with E-state index >= 15 is 0 Å². The van der Waals surface area contributed by atoms with E-state index in [2.05, 4.69) is 23.8 Å². The van der Waals surface area contributed by atoms with E-state index in [9.17, 15) is 33.8 Å². The van der Waals surface area contributed by atoms with Crippen LogP contribution in [0.3, 0.4) is 0 Å². The van der Waals surface area contributed by atoms with Gasteiger partial charge in [0, 0.05) is 0 Å². The smallest absolute Gasteiger partial charge is 0.394 e. The molecule has 3 rings (SSSR count). The van der Waals surface area contributed by atoms with E-state index in [4.69, 9.17) is 40.7 Å². The van der Waals surface area contributed by atoms with Crippen LogP contribution in [0.1, 0.15) is 6.23 Å². The molecule has 0 bridgehead atoms. The summed E-state index contributed by atoms with van der Waals surface area (Å²) in [5, 5.41) is 54.3. The quantitative estimate of drug-likeness (QED) is 0.0905. The summed E-state index contributed by atoms with van der Waals surface area (Å²) in [7, 11) is -10.5. The third-order valence-corrected chi connectivity index (χ3v) is 6.90. The van der Waals surface area contributed by atoms with Gasteiger partial charge in [-0.1, -0.05) is 0 Å². The first-order chi connectivity index (χ1) is 17.5. The number of ether oxygens (including phenoxy) is 1. The van der Waals surface area contributed by atoms with Gasteiger partial charge in [-0.25, -0.2) is 14.1 Å². The highest BCUT2D eigenvalue weighted by Gasteiger charge is 2.46. The van der Waals surface area contributed by atoms with Gasteiger partial charge in [-0.2, -0.15) is 9.29 Å². The van der Waals surface area contributed by atoms with E-state index in [1.54, 1.807) is 0 Å². The number of aliphatic hydroxyl groups is 6. The molecule has 23 heteroatoms. The fraction of sp³-hybridized carbons (Fsp3) is 0.600. The molecule has 8 atom stereocenters. The lowest BCUT2D eigenvalue weighted by atomic mass is 10.1. The summed E-state index contributed by atoms with van der Waals surface area (Å²) in [4.78, 5) is 57.9. The van der Waals surface area contributed by atoms with E-state index in [-0.39, 0.29) is 23.4 Å². The minimum absolute atomic E-state index is 0.0586. The van der Waals surface area contributed by atoms with Gasteiger partial charge in [-0.05, 0) is 0 Å². The minimum Gasteiger partial charge on any atom is -0.394 e. The van der Waals surface area contributed by atoms with E-state index in [1.165, 1.54) is 0 Å². The first-order valence-corrected chi connectivity index (χ1v) is 13.1. The number of fused-ring (bicyclic) bond motifs is 1. The average molecular weight is 593 g/mol. The minimum atomic E-state index is -5.32. The van der Waals surface area contributed by atoms with Crippen LogP contribution in [0.25, 0.3) is 11.2 Å². The third-order valence-electron chi connectivity index (χ3n) is 4.74. The second-order valence-corrected chi connectivity index (χ2v) is 10.4. The average Bonchev–Trinajstić information content (AvgIpc) is 3.36. The molecule has 1 saturated heterocycles. The molecule has 0 saturated carbocycles. The molecular formula is C15H25N5O16P2. The maximum Gasteiger partial charge on any atom is 0.481 e. The molecule has 2 aromatic heterocycles. The number of H-pyrrole nitrogens is 1. The Morgan fingerprint density at radius 3 is 2.39 bits per heavy atom. The van der Waals surface area contributed by atoms with Gasteiger partial charge in [-0.15, -0.1) is 0 Å². The van der Waals surface area contributed by atoms with Crippen LogP contribution in [0, 0.1) is 0 Å². The number of nitrogens with zero attached hydrogens (tertiary/aromatic N) is 3. The Bertz CT molecular complexity index is 1250. The number of phosphoric acid groups is 2. The van der Waals surface area contributed by atoms with Crippen molar-refractivity contribution in [1.82, 2.24) is 19.5 Å². The molecule has 0 radical (unpaired) electrons. The van der Waals surface area contributed by atoms with Gasteiger partial charge in [0.25, 0.3) is 5.56 Å². The van der Waals surface area contributed by atoms with Crippen molar-refractivity contribution in [2.24, 2.45) is 0 Å². The number of rotatable bonds is 10. The lowest BCUT2D eigenvalue weighted by Gasteiger charge is -2.17. The Kier molecular flexibility index (Phi) is 10.8. The maximum absolute atomic E-state index is 11.8. The van der Waals surface area contributed by atoms with Crippen LogP contribution >= 0.6 is 15.6 Å². The molecule has 12 N–H and O–H groups in total. The van der Waals surface area contributed by atoms with Crippen molar-refractivity contribution < 1.29 is 72.8 Å². The zero-order valence-electron chi connectivity index (χ0n) is 18.8. The number of anilines is 1. The van der Waals surface area contributed by atoms with Gasteiger partial charge < -0.3 is 60.6 Å². The number of hydrogen-bond acceptors (Lipinski definition) is 16. The number of aromatic amines is 1. The van der Waals surface area contributed by atoms with Crippen LogP contribution in [-0.4, -0.2) is 121 Å². The number of nitrogen functional groups attached to an aromatic ring is 1. The normalized spacial score (nSPS) is 25.7. The molecule has 38 heavy (non-hydrogen) atoms. The molecule has 21 nitrogen and oxygen atoms in total. The Balaban J connectivity index is 0.000000432. The van der Waals surface area contributed by atoms with Crippen molar-refractivity contribution in [2.45, 2.75) is 42.9 Å². The summed E-state index contributed by atoms with van der Waals surface area (Å²) in [6.07, 6.45) is -9.51. The first kappa shape index (κ1) is 32.0. The number of aliphatic hydroxyl groups excluding tert-OH is 6. The predicted molar refractivity (Wildman–Crippen MR) is 119 cm³/mol. The summed E-state index contributed by atoms with van der Waals surface area (Å²) in [6, 6.07) is 0. The Morgan fingerprint density at radius 2 is 1.84 bits per heavy atom. The van der Waals surface area contributed by atoms with Gasteiger partial charge in [0.15, 0.2) is 23.7 Å². The third kappa shape index (κ3) is 8.15. The molecule has 0 spiro atoms. The van der Waals surface area contributed by atoms with Crippen molar-refractivity contribution in [3.8, 4) is 0 Å². The first-order valence-electron chi connectivity index (χ1n) is 10.1. The summed E-state index contributed by atoms with van der Waals surface area (Å²) in [6.45, 7) is -1.56. The Labute approximate surface area is 210 Å². The summed E-state index contributed by atoms with van der Waals surface area (Å²) >= 11 is 0. The van der Waals surface area contributed by atoms with Crippen LogP contribution in [0.4, 0.5) is 5.95 Å². The zero-order chi connectivity index (χ0) is 29.0. The van der Waals surface area contributed by atoms with Crippen molar-refractivity contribution in [1.29, 1.82) is 0 Å². The number of aromatic nitrogens is 4. The van der Waals surface area contributed by atoms with Gasteiger partial charge in [0.1, 0.15) is 36.6 Å². The van der Waals surface area contributed by atoms with Gasteiger partial charge in [0.05, 0.1) is 19.5 Å². The largest absolute Gasteiger partial charge is 0.481 e. The Morgan fingerprint density at radius 1 is 1.21 bits per heavy atom. The monoisotopic (exact) mass is 593 g/mol. The fourth-order valence-corrected chi connectivity index (χ4v) is 4.57. The van der Waals surface area contributed by atoms with Gasteiger partial charge in [-0.3, -0.25) is 18.9 Å². The van der Waals surface area contributed by atoms with Gasteiger partial charge in [0.2, 0.25) is 5.95 Å². The summed E-state index contributed by atoms with van der Waals surface area (Å²) < 4.78 is 36.6. The number of carbonyl (C=O) groups excluding carboxylic acids is 1. The molecule has 1 aliphatic heterocycles. The van der Waals surface area contributed by atoms with Crippen molar-refractivity contribution in [3.05, 3.63) is 16.7 Å². The molecule has 0 aromatic carbocycles. The van der Waals surface area contributed by atoms with E-state index in [0.717, 1.165) is 10.9 Å². The summed E-state index contributed by atoms with van der Waals surface area (Å²) in [5.41, 5.74) is 4.65. The van der Waals surface area contributed by atoms with Crippen LogP contribution in [0.2, 0.25) is 0 Å². The van der Waals surface area contributed by atoms with Gasteiger partial charge >= 0.3 is 15.6 Å². The highest BCUT2D eigenvalue weighted by molar-refractivity contribution is 7.60. The summed E-state index contributed by atoms with van der Waals surface area (Å²) in [5.74, 6) is -0.233. The lowest BCUT2D eigenvalue weighted by molar-refractivity contribution is -0.127. The Hall–Kier alpha value is -2.20. The molecular weight excluding hydrogens is 568 g/mol. The number of carbonyl (C=O) groups is 1. The molecule has 0 aliphatic carbocycles. The van der Waals surface area contributed by atoms with Crippen molar-refractivity contribution >= 4 is 39.0 Å². The number of nitrogens with one attached hydrogen (secondary N) is 1. The van der Waals surface area contributed by atoms with Crippen LogP contribution < -0.4 is 11.3 Å². The molecule has 1 fully saturated rings. The SMILES string of the molecule is Nc1nc2c(ncn2[C@@H]2O[C@H](COP(=O)(O)OP(=O)(O)O)[C@@H](O)[C@H]2O)c(=O)[nH]1.O=C[C@H](O)[C@H](O)[C@H](O)CO. The molecule has 1 unspecified atom stereocenters. The second kappa shape index (κ2) is 12.8. The fourth-order valence-electron chi connectivity index (χ4n) is 2.97. The number of hydrogen-bond donors (Lipinski definition) is 11. The molecule has 0 amide bonds. The standard InChI is InChI=1S/C10H15N5O11P2.C5H10O5/c11-10-13-7-4(8(18)14-10)12-2-15(7)9-6(17)5(16)3(25-9)1-24-28(22,23)26-27(19,20)21;6-1-3(8)5(10)4(9)2-7/h2-3,5-6,9,16-17H,1H2,(H,22,23)(H2,19,20,21)(H3,11,13,14,18);1,3-5,7-10H,2H2/t3-,5-,6-,9-;3-,4+,5-/m10/s1. The molecule has 216 valence electrons. The van der Waals surface area contributed by atoms with E-state index < -0.39 is 77.3 Å². The number of nitrogens with two attached hydrogens (primary N) is 1. The number of aldehydes is 1. The van der Waals surface area contributed by atoms with Crippen LogP contribution in [-0.2, 0) is 27.5 Å². The van der Waals surface area contributed by atoms with Crippen LogP contribution in [0.15, 0.2) is 11.1 Å². The molecule has 2 aromatic rings. The molecule has 3 heterocycles. The lowest BCUT2D eigenvalue weighted by Crippen LogP contribution is -2.40. The second-order valence-electron chi connectivity index (χ2n) is 7.53. The highest BCUT2D eigenvalue weighted by atomic mass is 31.3. The predicted octanol–water partition coefficient (Wildman–Crippen LogP) is -5.19. The van der Waals surface area contributed by atoms with Crippen LogP contribution in [0.5, 0.6) is 0 Å². The maximum atomic E-state index is 11.8. The van der Waals surface area contributed by atoms with E-state index in [1.807, 2.05) is 0 Å².